The van der Waals surface area contributed by atoms with E-state index in [0.717, 1.165) is 12.8 Å². The van der Waals surface area contributed by atoms with E-state index in [1.165, 1.54) is 0 Å². The molecule has 7 nitrogen and oxygen atoms in total. The van der Waals surface area contributed by atoms with Crippen LogP contribution >= 0.6 is 0 Å². The van der Waals surface area contributed by atoms with Gasteiger partial charge in [0.05, 0.1) is 31.9 Å². The topological polar surface area (TPSA) is 111 Å². The first-order valence-electron chi connectivity index (χ1n) is 6.10. The number of nitrogens with one attached hydrogen (secondary N) is 2. The van der Waals surface area contributed by atoms with Crippen molar-refractivity contribution in [3.05, 3.63) is 0 Å². The summed E-state index contributed by atoms with van der Waals surface area (Å²) in [5, 5.41) is 32.8. The molecular formula is C11H22N2O5. The molecular weight excluding hydrogens is 240 g/mol. The van der Waals surface area contributed by atoms with Crippen LogP contribution in [0.2, 0.25) is 0 Å². The van der Waals surface area contributed by atoms with Crippen LogP contribution in [0.4, 0.5) is 0 Å². The minimum atomic E-state index is -1.22. The summed E-state index contributed by atoms with van der Waals surface area (Å²) in [6.07, 6.45) is 1.58. The van der Waals surface area contributed by atoms with Crippen molar-refractivity contribution in [1.29, 1.82) is 0 Å². The maximum absolute atomic E-state index is 11.6. The Bertz CT molecular complexity index is 244. The Balaban J connectivity index is 2.30. The Hall–Kier alpha value is -0.730. The minimum absolute atomic E-state index is 0.0565. The summed E-state index contributed by atoms with van der Waals surface area (Å²) in [5.41, 5.74) is -1.22. The lowest BCUT2D eigenvalue weighted by Crippen LogP contribution is -2.57. The third-order valence-electron chi connectivity index (χ3n) is 3.12. The highest BCUT2D eigenvalue weighted by Gasteiger charge is 2.28. The van der Waals surface area contributed by atoms with E-state index in [1.54, 1.807) is 0 Å². The number of aliphatic hydroxyl groups excluding tert-OH is 3. The first-order valence-corrected chi connectivity index (χ1v) is 6.10. The van der Waals surface area contributed by atoms with Crippen LogP contribution in [-0.2, 0) is 9.53 Å². The van der Waals surface area contributed by atoms with Gasteiger partial charge in [-0.3, -0.25) is 10.1 Å². The molecule has 0 aromatic rings. The second kappa shape index (κ2) is 7.65. The van der Waals surface area contributed by atoms with Crippen LogP contribution in [0.3, 0.4) is 0 Å². The molecule has 1 aliphatic heterocycles. The average molecular weight is 262 g/mol. The Labute approximate surface area is 106 Å². The molecule has 7 heteroatoms. The van der Waals surface area contributed by atoms with Gasteiger partial charge < -0.3 is 25.4 Å². The second-order valence-electron chi connectivity index (χ2n) is 4.56. The van der Waals surface area contributed by atoms with Gasteiger partial charge in [-0.15, -0.1) is 0 Å². The van der Waals surface area contributed by atoms with Crippen molar-refractivity contribution in [3.8, 4) is 0 Å². The molecule has 0 unspecified atom stereocenters. The molecule has 106 valence electrons. The van der Waals surface area contributed by atoms with Crippen LogP contribution in [-0.4, -0.2) is 72.4 Å². The summed E-state index contributed by atoms with van der Waals surface area (Å²) in [6, 6.07) is 0.111. The number of hydrogen-bond donors (Lipinski definition) is 5. The quantitative estimate of drug-likeness (QED) is 0.349. The lowest BCUT2D eigenvalue weighted by Gasteiger charge is -2.29. The first-order chi connectivity index (χ1) is 8.65. The lowest BCUT2D eigenvalue weighted by atomic mass is 10.0. The predicted molar refractivity (Wildman–Crippen MR) is 64.0 cm³/mol. The summed E-state index contributed by atoms with van der Waals surface area (Å²) in [5.74, 6) is -0.221. The van der Waals surface area contributed by atoms with Gasteiger partial charge in [-0.1, -0.05) is 0 Å². The van der Waals surface area contributed by atoms with Crippen molar-refractivity contribution in [3.63, 3.8) is 0 Å². The van der Waals surface area contributed by atoms with Gasteiger partial charge >= 0.3 is 0 Å². The average Bonchev–Trinajstić information content (AvgIpc) is 2.42. The molecule has 0 bridgehead atoms. The van der Waals surface area contributed by atoms with Crippen LogP contribution in [0.25, 0.3) is 0 Å². The number of amides is 1. The summed E-state index contributed by atoms with van der Waals surface area (Å²) in [7, 11) is 0. The fourth-order valence-corrected chi connectivity index (χ4v) is 1.71. The van der Waals surface area contributed by atoms with Gasteiger partial charge in [0.1, 0.15) is 0 Å². The molecule has 0 aromatic heterocycles. The van der Waals surface area contributed by atoms with Crippen molar-refractivity contribution in [2.24, 2.45) is 0 Å². The van der Waals surface area contributed by atoms with Gasteiger partial charge in [0.2, 0.25) is 5.91 Å². The molecule has 0 aromatic carbocycles. The highest BCUT2D eigenvalue weighted by molar-refractivity contribution is 5.78. The van der Waals surface area contributed by atoms with Crippen LogP contribution in [0.5, 0.6) is 0 Å². The fourth-order valence-electron chi connectivity index (χ4n) is 1.71. The normalized spacial score (nSPS) is 17.7. The van der Waals surface area contributed by atoms with Gasteiger partial charge in [0.15, 0.2) is 0 Å². The molecule has 0 atom stereocenters. The molecule has 5 N–H and O–H groups in total. The summed E-state index contributed by atoms with van der Waals surface area (Å²) in [4.78, 5) is 11.6. The van der Waals surface area contributed by atoms with Gasteiger partial charge in [0.25, 0.3) is 0 Å². The van der Waals surface area contributed by atoms with Gasteiger partial charge in [-0.25, -0.2) is 0 Å². The van der Waals surface area contributed by atoms with Gasteiger partial charge in [0, 0.05) is 19.3 Å². The highest BCUT2D eigenvalue weighted by atomic mass is 16.5. The fraction of sp³-hybridized carbons (Fsp3) is 0.909. The Kier molecular flexibility index (Phi) is 6.51. The summed E-state index contributed by atoms with van der Waals surface area (Å²) in [6.45, 7) is -0.0862. The molecule has 1 rings (SSSR count). The standard InChI is InChI=1S/C11H22N2O5/c14-6-11(7-15,8-16)12-5-10(17)13-9-1-3-18-4-2-9/h9,12,14-16H,1-8H2,(H,13,17). The number of ether oxygens (including phenoxy) is 1. The smallest absolute Gasteiger partial charge is 0.234 e. The monoisotopic (exact) mass is 262 g/mol. The summed E-state index contributed by atoms with van der Waals surface area (Å²) >= 11 is 0. The second-order valence-corrected chi connectivity index (χ2v) is 4.56. The van der Waals surface area contributed by atoms with Crippen LogP contribution < -0.4 is 10.6 Å². The number of aliphatic hydroxyl groups is 3. The Morgan fingerprint density at radius 2 is 1.72 bits per heavy atom. The maximum Gasteiger partial charge on any atom is 0.234 e. The van der Waals surface area contributed by atoms with E-state index in [9.17, 15) is 4.79 Å². The summed E-state index contributed by atoms with van der Waals surface area (Å²) < 4.78 is 5.18. The Morgan fingerprint density at radius 3 is 2.22 bits per heavy atom. The van der Waals surface area contributed by atoms with Crippen molar-refractivity contribution in [2.75, 3.05) is 39.6 Å². The van der Waals surface area contributed by atoms with Crippen LogP contribution in [0.1, 0.15) is 12.8 Å². The SMILES string of the molecule is O=C(CNC(CO)(CO)CO)NC1CCOCC1. The molecule has 0 aliphatic carbocycles. The van der Waals surface area contributed by atoms with E-state index in [0.29, 0.717) is 13.2 Å². The molecule has 1 heterocycles. The molecule has 1 fully saturated rings. The van der Waals surface area contributed by atoms with Crippen molar-refractivity contribution < 1.29 is 24.9 Å². The molecule has 1 saturated heterocycles. The lowest BCUT2D eigenvalue weighted by molar-refractivity contribution is -0.122. The number of carbonyl (C=O) groups is 1. The van der Waals surface area contributed by atoms with E-state index < -0.39 is 25.4 Å². The zero-order valence-corrected chi connectivity index (χ0v) is 10.4. The zero-order valence-electron chi connectivity index (χ0n) is 10.4. The molecule has 1 amide bonds. The highest BCUT2D eigenvalue weighted by Crippen LogP contribution is 2.06. The zero-order chi connectivity index (χ0) is 13.4. The van der Waals surface area contributed by atoms with Crippen molar-refractivity contribution >= 4 is 5.91 Å². The number of rotatable bonds is 7. The van der Waals surface area contributed by atoms with Crippen molar-refractivity contribution in [2.45, 2.75) is 24.4 Å². The van der Waals surface area contributed by atoms with Crippen LogP contribution in [0.15, 0.2) is 0 Å². The third kappa shape index (κ3) is 4.51. The van der Waals surface area contributed by atoms with E-state index in [1.807, 2.05) is 0 Å². The number of hydrogen-bond acceptors (Lipinski definition) is 6. The molecule has 0 spiro atoms. The van der Waals surface area contributed by atoms with E-state index >= 15 is 0 Å². The van der Waals surface area contributed by atoms with Gasteiger partial charge in [-0.2, -0.15) is 0 Å². The largest absolute Gasteiger partial charge is 0.394 e. The molecule has 1 aliphatic rings. The third-order valence-corrected chi connectivity index (χ3v) is 3.12. The van der Waals surface area contributed by atoms with Crippen LogP contribution in [0, 0.1) is 0 Å². The Morgan fingerprint density at radius 1 is 1.17 bits per heavy atom. The molecule has 0 radical (unpaired) electrons. The molecule has 0 saturated carbocycles. The van der Waals surface area contributed by atoms with Gasteiger partial charge in [-0.05, 0) is 12.8 Å². The van der Waals surface area contributed by atoms with Crippen molar-refractivity contribution in [1.82, 2.24) is 10.6 Å². The van der Waals surface area contributed by atoms with E-state index in [2.05, 4.69) is 10.6 Å². The van der Waals surface area contributed by atoms with E-state index in [-0.39, 0.29) is 18.5 Å². The first kappa shape index (κ1) is 15.3. The minimum Gasteiger partial charge on any atom is -0.394 e. The molecule has 18 heavy (non-hydrogen) atoms. The maximum atomic E-state index is 11.6. The van der Waals surface area contributed by atoms with E-state index in [4.69, 9.17) is 20.1 Å². The number of carbonyl (C=O) groups excluding carboxylic acids is 1. The predicted octanol–water partition coefficient (Wildman–Crippen LogP) is -2.41.